The van der Waals surface area contributed by atoms with Crippen LogP contribution in [0.2, 0.25) is 0 Å². The maximum absolute atomic E-state index is 13.7. The Kier molecular flexibility index (Phi) is 9.90. The maximum atomic E-state index is 13.7. The van der Waals surface area contributed by atoms with Crippen LogP contribution in [-0.4, -0.2) is 47.8 Å². The Balaban J connectivity index is 1.37. The monoisotopic (exact) mass is 568 g/mol. The van der Waals surface area contributed by atoms with Crippen molar-refractivity contribution >= 4 is 11.6 Å². The number of carbonyl (C=O) groups is 1. The van der Waals surface area contributed by atoms with E-state index >= 15 is 0 Å². The second kappa shape index (κ2) is 14.2. The molecule has 1 amide bonds. The highest BCUT2D eigenvalue weighted by Crippen LogP contribution is 2.26. The van der Waals surface area contributed by atoms with Gasteiger partial charge < -0.3 is 30.2 Å². The molecule has 1 aliphatic rings. The van der Waals surface area contributed by atoms with Gasteiger partial charge in [0.2, 0.25) is 0 Å². The van der Waals surface area contributed by atoms with Crippen LogP contribution in [0.3, 0.4) is 0 Å². The van der Waals surface area contributed by atoms with Crippen molar-refractivity contribution in [2.75, 3.05) is 25.0 Å². The molecule has 5 rings (SSSR count). The molecule has 0 unspecified atom stereocenters. The van der Waals surface area contributed by atoms with Gasteiger partial charge >= 0.3 is 0 Å². The summed E-state index contributed by atoms with van der Waals surface area (Å²) in [5, 5.41) is 21.3. The van der Waals surface area contributed by atoms with Crippen LogP contribution in [0, 0.1) is 0 Å². The third-order valence-electron chi connectivity index (χ3n) is 7.52. The number of ether oxygens (including phenoxy) is 1. The molecule has 1 aromatic heterocycles. The van der Waals surface area contributed by atoms with Crippen LogP contribution in [-0.2, 0) is 13.0 Å². The van der Waals surface area contributed by atoms with Crippen LogP contribution in [0.4, 0.5) is 5.69 Å². The van der Waals surface area contributed by atoms with Gasteiger partial charge in [-0.05, 0) is 72.2 Å². The van der Waals surface area contributed by atoms with E-state index in [2.05, 4.69) is 59.0 Å². The normalized spacial score (nSPS) is 16.8. The molecule has 4 N–H and O–H groups in total. The molecule has 0 fully saturated rings. The number of rotatable bonds is 7. The van der Waals surface area contributed by atoms with Crippen molar-refractivity contribution in [1.82, 2.24) is 15.6 Å². The first-order chi connectivity index (χ1) is 20.4. The van der Waals surface area contributed by atoms with Crippen molar-refractivity contribution < 1.29 is 19.1 Å². The third kappa shape index (κ3) is 7.99. The van der Waals surface area contributed by atoms with Gasteiger partial charge in [0.05, 0.1) is 24.9 Å². The Hall–Kier alpha value is -4.14. The van der Waals surface area contributed by atoms with Crippen LogP contribution in [0.5, 0.6) is 5.75 Å². The zero-order chi connectivity index (χ0) is 29.3. The summed E-state index contributed by atoms with van der Waals surface area (Å²) < 4.78 is 11.5. The number of anilines is 1. The highest BCUT2D eigenvalue weighted by molar-refractivity contribution is 5.96. The summed E-state index contributed by atoms with van der Waals surface area (Å²) in [5.41, 5.74) is 5.46. The minimum Gasteiger partial charge on any atom is -0.494 e. The number of amides is 1. The van der Waals surface area contributed by atoms with Crippen LogP contribution in [0.1, 0.15) is 59.7 Å². The Morgan fingerprint density at radius 1 is 1.05 bits per heavy atom. The summed E-state index contributed by atoms with van der Waals surface area (Å²) in [6.07, 6.45) is 4.42. The van der Waals surface area contributed by atoms with E-state index in [1.54, 1.807) is 12.3 Å². The highest BCUT2D eigenvalue weighted by atomic mass is 16.5. The van der Waals surface area contributed by atoms with Gasteiger partial charge in [-0.15, -0.1) is 0 Å². The molecular weight excluding hydrogens is 528 g/mol. The first-order valence-electron chi connectivity index (χ1n) is 14.7. The van der Waals surface area contributed by atoms with Gasteiger partial charge in [-0.3, -0.25) is 4.79 Å². The van der Waals surface area contributed by atoms with E-state index in [9.17, 15) is 9.90 Å². The molecule has 0 radical (unpaired) electrons. The number of nitrogens with zero attached hydrogens (tertiary/aromatic N) is 1. The minimum absolute atomic E-state index is 0.271. The standard InChI is InChI=1S/C34H40N4O4/c1-23(2)26-9-5-8-25(13-26)19-35-20-32(39)31-15-24-7-6-10-30(14-24)41-12-4-3-11-37-29-17-27(33-21-36-22-42-33)16-28(18-29)34(40)38-31/h5-10,13-14,16-18,21-23,31-32,35,37,39H,3-4,11-12,15,19-20H2,1-2H3,(H,38,40)/t31-,32+/m0/s1. The quantitative estimate of drug-likeness (QED) is 0.232. The lowest BCUT2D eigenvalue weighted by atomic mass is 9.99. The van der Waals surface area contributed by atoms with Crippen molar-refractivity contribution in [3.63, 3.8) is 0 Å². The number of hydrogen-bond donors (Lipinski definition) is 4. The number of aliphatic hydroxyl groups excluding tert-OH is 1. The Morgan fingerprint density at radius 2 is 1.90 bits per heavy atom. The van der Waals surface area contributed by atoms with Crippen molar-refractivity contribution in [2.45, 2.75) is 57.7 Å². The summed E-state index contributed by atoms with van der Waals surface area (Å²) in [6, 6.07) is 21.4. The average molecular weight is 569 g/mol. The minimum atomic E-state index is -0.833. The molecule has 3 aromatic carbocycles. The van der Waals surface area contributed by atoms with Crippen LogP contribution >= 0.6 is 0 Å². The lowest BCUT2D eigenvalue weighted by Gasteiger charge is -2.25. The molecule has 1 aliphatic heterocycles. The summed E-state index contributed by atoms with van der Waals surface area (Å²) >= 11 is 0. The molecule has 0 saturated carbocycles. The topological polar surface area (TPSA) is 109 Å². The van der Waals surface area contributed by atoms with Crippen LogP contribution in [0.15, 0.2) is 83.7 Å². The highest BCUT2D eigenvalue weighted by Gasteiger charge is 2.24. The van der Waals surface area contributed by atoms with Crippen LogP contribution in [0.25, 0.3) is 11.3 Å². The first-order valence-corrected chi connectivity index (χ1v) is 14.7. The van der Waals surface area contributed by atoms with Gasteiger partial charge in [0, 0.05) is 36.4 Å². The van der Waals surface area contributed by atoms with Crippen molar-refractivity contribution in [2.24, 2.45) is 0 Å². The van der Waals surface area contributed by atoms with Gasteiger partial charge in [0.1, 0.15) is 5.75 Å². The average Bonchev–Trinajstić information content (AvgIpc) is 3.54. The molecule has 2 atom stereocenters. The van der Waals surface area contributed by atoms with Gasteiger partial charge in [-0.1, -0.05) is 50.2 Å². The van der Waals surface area contributed by atoms with Gasteiger partial charge in [-0.2, -0.15) is 0 Å². The van der Waals surface area contributed by atoms with E-state index in [0.29, 0.717) is 43.4 Å². The number of oxazole rings is 1. The third-order valence-corrected chi connectivity index (χ3v) is 7.52. The van der Waals surface area contributed by atoms with Crippen LogP contribution < -0.4 is 20.7 Å². The molecular formula is C34H40N4O4. The van der Waals surface area contributed by atoms with E-state index < -0.39 is 12.1 Å². The van der Waals surface area contributed by atoms with E-state index in [-0.39, 0.29) is 5.91 Å². The number of aromatic nitrogens is 1. The summed E-state index contributed by atoms with van der Waals surface area (Å²) in [4.78, 5) is 17.7. The first kappa shape index (κ1) is 29.4. The van der Waals surface area contributed by atoms with Crippen molar-refractivity contribution in [1.29, 1.82) is 0 Å². The molecule has 220 valence electrons. The largest absolute Gasteiger partial charge is 0.494 e. The van der Waals surface area contributed by atoms with E-state index in [0.717, 1.165) is 47.5 Å². The molecule has 8 heteroatoms. The van der Waals surface area contributed by atoms with Gasteiger partial charge in [0.15, 0.2) is 12.2 Å². The number of nitrogens with one attached hydrogen (secondary N) is 3. The van der Waals surface area contributed by atoms with Gasteiger partial charge in [-0.25, -0.2) is 4.98 Å². The fourth-order valence-corrected chi connectivity index (χ4v) is 5.13. The predicted molar refractivity (Wildman–Crippen MR) is 165 cm³/mol. The number of hydrogen-bond acceptors (Lipinski definition) is 7. The fourth-order valence-electron chi connectivity index (χ4n) is 5.13. The number of aliphatic hydroxyl groups is 1. The van der Waals surface area contributed by atoms with E-state index in [1.165, 1.54) is 12.0 Å². The maximum Gasteiger partial charge on any atom is 0.251 e. The second-order valence-electron chi connectivity index (χ2n) is 11.2. The lowest BCUT2D eigenvalue weighted by Crippen LogP contribution is -2.48. The molecule has 0 spiro atoms. The second-order valence-corrected chi connectivity index (χ2v) is 11.2. The summed E-state index contributed by atoms with van der Waals surface area (Å²) in [6.45, 7) is 6.64. The van der Waals surface area contributed by atoms with Crippen molar-refractivity contribution in [3.8, 4) is 17.1 Å². The Morgan fingerprint density at radius 3 is 2.74 bits per heavy atom. The molecule has 4 bridgehead atoms. The molecule has 4 aromatic rings. The van der Waals surface area contributed by atoms with Gasteiger partial charge in [0.25, 0.3) is 5.91 Å². The van der Waals surface area contributed by atoms with Crippen molar-refractivity contribution in [3.05, 3.63) is 102 Å². The molecule has 0 saturated heterocycles. The SMILES string of the molecule is CC(C)c1cccc(CNC[C@@H](O)[C@@H]2Cc3cccc(c3)OCCCCNc3cc(cc(-c4cnco4)c3)C(=O)N2)c1. The zero-order valence-electron chi connectivity index (χ0n) is 24.3. The Labute approximate surface area is 247 Å². The van der Waals surface area contributed by atoms with E-state index in [4.69, 9.17) is 9.15 Å². The number of fused-ring (bicyclic) bond motifs is 4. The molecule has 2 heterocycles. The number of carbonyl (C=O) groups excluding carboxylic acids is 1. The van der Waals surface area contributed by atoms with E-state index in [1.807, 2.05) is 36.4 Å². The predicted octanol–water partition coefficient (Wildman–Crippen LogP) is 5.54. The number of benzene rings is 3. The molecule has 8 nitrogen and oxygen atoms in total. The molecule has 0 aliphatic carbocycles. The smallest absolute Gasteiger partial charge is 0.251 e. The summed E-state index contributed by atoms with van der Waals surface area (Å²) in [7, 11) is 0. The Bertz CT molecular complexity index is 1450. The summed E-state index contributed by atoms with van der Waals surface area (Å²) in [5.74, 6) is 1.54. The lowest BCUT2D eigenvalue weighted by molar-refractivity contribution is 0.0830. The zero-order valence-corrected chi connectivity index (χ0v) is 24.3. The fraction of sp³-hybridized carbons (Fsp3) is 0.353. The molecule has 42 heavy (non-hydrogen) atoms.